The van der Waals surface area contributed by atoms with Gasteiger partial charge in [-0.1, -0.05) is 11.6 Å². The average Bonchev–Trinajstić information content (AvgIpc) is 2.59. The van der Waals surface area contributed by atoms with E-state index in [-0.39, 0.29) is 22.1 Å². The molecule has 0 saturated heterocycles. The normalized spacial score (nSPS) is 16.2. The van der Waals surface area contributed by atoms with E-state index in [0.29, 0.717) is 19.6 Å². The maximum Gasteiger partial charge on any atom is 0.396 e. The van der Waals surface area contributed by atoms with Crippen LogP contribution in [0.25, 0.3) is 0 Å². The third kappa shape index (κ3) is 3.72. The number of benzene rings is 1. The summed E-state index contributed by atoms with van der Waals surface area (Å²) < 4.78 is 49.7. The summed E-state index contributed by atoms with van der Waals surface area (Å²) in [6.45, 7) is 0.645. The van der Waals surface area contributed by atoms with Crippen LogP contribution in [0.3, 0.4) is 0 Å². The smallest absolute Gasteiger partial charge is 0.396 e. The van der Waals surface area contributed by atoms with Crippen LogP contribution in [0.15, 0.2) is 12.1 Å². The molecule has 1 atom stereocenters. The Labute approximate surface area is 123 Å². The molecular formula is C13H12ClF3O4. The summed E-state index contributed by atoms with van der Waals surface area (Å²) in [6, 6.07) is 2.23. The van der Waals surface area contributed by atoms with E-state index >= 15 is 0 Å². The Hall–Kier alpha value is -1.63. The maximum atomic E-state index is 13.0. The lowest BCUT2D eigenvalue weighted by atomic mass is 9.94. The summed E-state index contributed by atoms with van der Waals surface area (Å²) in [4.78, 5) is 10.7. The molecule has 1 N–H and O–H groups in total. The second-order valence-corrected chi connectivity index (χ2v) is 4.98. The highest BCUT2D eigenvalue weighted by molar-refractivity contribution is 6.32. The third-order valence-corrected chi connectivity index (χ3v) is 3.28. The second-order valence-electron chi connectivity index (χ2n) is 4.57. The number of carboxylic acids is 1. The number of hydrogen-bond acceptors (Lipinski definition) is 3. The minimum Gasteiger partial charge on any atom is -0.489 e. The molecule has 1 aromatic carbocycles. The minimum absolute atomic E-state index is 0.0240. The Kier molecular flexibility index (Phi) is 4.51. The fourth-order valence-corrected chi connectivity index (χ4v) is 2.32. The summed E-state index contributed by atoms with van der Waals surface area (Å²) in [5.41, 5.74) is -0.251. The average molecular weight is 325 g/mol. The van der Waals surface area contributed by atoms with Gasteiger partial charge >= 0.3 is 12.1 Å². The molecule has 1 aliphatic heterocycles. The zero-order chi connectivity index (χ0) is 15.6. The van der Waals surface area contributed by atoms with Gasteiger partial charge in [0.1, 0.15) is 0 Å². The molecular weight excluding hydrogens is 313 g/mol. The van der Waals surface area contributed by atoms with Gasteiger partial charge in [-0.3, -0.25) is 4.79 Å². The van der Waals surface area contributed by atoms with Crippen molar-refractivity contribution >= 4 is 17.6 Å². The van der Waals surface area contributed by atoms with Gasteiger partial charge in [-0.05, 0) is 17.7 Å². The highest BCUT2D eigenvalue weighted by Crippen LogP contribution is 2.44. The van der Waals surface area contributed by atoms with Crippen molar-refractivity contribution < 1.29 is 32.5 Å². The minimum atomic E-state index is -4.69. The summed E-state index contributed by atoms with van der Waals surface area (Å²) in [7, 11) is 0. The molecule has 1 aliphatic rings. The number of halogens is 4. The summed E-state index contributed by atoms with van der Waals surface area (Å²) in [5.74, 6) is -3.39. The van der Waals surface area contributed by atoms with Crippen LogP contribution in [-0.4, -0.2) is 30.5 Å². The van der Waals surface area contributed by atoms with Crippen molar-refractivity contribution in [3.05, 3.63) is 22.7 Å². The molecule has 4 nitrogen and oxygen atoms in total. The van der Waals surface area contributed by atoms with Gasteiger partial charge in [0.2, 0.25) is 0 Å². The van der Waals surface area contributed by atoms with E-state index in [1.54, 1.807) is 0 Å². The van der Waals surface area contributed by atoms with Gasteiger partial charge in [0.25, 0.3) is 0 Å². The molecule has 8 heteroatoms. The molecule has 0 bridgehead atoms. The molecule has 0 saturated carbocycles. The lowest BCUT2D eigenvalue weighted by Crippen LogP contribution is -2.23. The largest absolute Gasteiger partial charge is 0.489 e. The first-order valence-electron chi connectivity index (χ1n) is 6.16. The van der Waals surface area contributed by atoms with Gasteiger partial charge in [-0.2, -0.15) is 13.2 Å². The molecule has 1 aromatic rings. The molecule has 2 rings (SSSR count). The first-order valence-corrected chi connectivity index (χ1v) is 6.54. The summed E-state index contributed by atoms with van der Waals surface area (Å²) in [6.07, 6.45) is -5.18. The zero-order valence-electron chi connectivity index (χ0n) is 10.7. The van der Waals surface area contributed by atoms with E-state index in [0.717, 1.165) is 12.1 Å². The lowest BCUT2D eigenvalue weighted by Gasteiger charge is -2.20. The van der Waals surface area contributed by atoms with Gasteiger partial charge in [0, 0.05) is 6.42 Å². The number of aliphatic carboxylic acids is 1. The number of fused-ring (bicyclic) bond motifs is 1. The quantitative estimate of drug-likeness (QED) is 0.922. The van der Waals surface area contributed by atoms with Gasteiger partial charge in [-0.25, -0.2) is 0 Å². The second kappa shape index (κ2) is 6.01. The Morgan fingerprint density at radius 2 is 2.00 bits per heavy atom. The van der Waals surface area contributed by atoms with Crippen LogP contribution in [0.5, 0.6) is 11.5 Å². The maximum absolute atomic E-state index is 13.0. The van der Waals surface area contributed by atoms with Gasteiger partial charge in [0.15, 0.2) is 11.5 Å². The molecule has 1 unspecified atom stereocenters. The molecule has 0 amide bonds. The Balaban J connectivity index is 2.44. The highest BCUT2D eigenvalue weighted by Gasteiger charge is 2.42. The van der Waals surface area contributed by atoms with Crippen LogP contribution in [0, 0.1) is 0 Å². The van der Waals surface area contributed by atoms with Gasteiger partial charge in [-0.15, -0.1) is 0 Å². The molecule has 0 radical (unpaired) electrons. The van der Waals surface area contributed by atoms with Crippen molar-refractivity contribution in [1.82, 2.24) is 0 Å². The predicted molar refractivity (Wildman–Crippen MR) is 68.1 cm³/mol. The SMILES string of the molecule is O=C(O)CC(c1cc(Cl)c2c(c1)OCCCO2)C(F)(F)F. The van der Waals surface area contributed by atoms with Crippen molar-refractivity contribution in [1.29, 1.82) is 0 Å². The standard InChI is InChI=1S/C13H12ClF3O4/c14-9-4-7(8(6-11(18)19)13(15,16)17)5-10-12(9)21-3-1-2-20-10/h4-5,8H,1-3,6H2,(H,18,19). The van der Waals surface area contributed by atoms with Crippen molar-refractivity contribution in [3.8, 4) is 11.5 Å². The first kappa shape index (κ1) is 15.8. The van der Waals surface area contributed by atoms with Crippen LogP contribution in [0.2, 0.25) is 5.02 Å². The van der Waals surface area contributed by atoms with Crippen LogP contribution >= 0.6 is 11.6 Å². The third-order valence-electron chi connectivity index (χ3n) is 3.00. The fourth-order valence-electron chi connectivity index (χ4n) is 2.05. The van der Waals surface area contributed by atoms with E-state index in [9.17, 15) is 18.0 Å². The number of carboxylic acid groups (broad SMARTS) is 1. The van der Waals surface area contributed by atoms with Crippen molar-refractivity contribution in [3.63, 3.8) is 0 Å². The highest BCUT2D eigenvalue weighted by atomic mass is 35.5. The number of alkyl halides is 3. The Morgan fingerprint density at radius 1 is 1.33 bits per heavy atom. The van der Waals surface area contributed by atoms with Crippen LogP contribution in [0.1, 0.15) is 24.3 Å². The molecule has 116 valence electrons. The van der Waals surface area contributed by atoms with E-state index < -0.39 is 24.5 Å². The van der Waals surface area contributed by atoms with E-state index in [4.69, 9.17) is 26.2 Å². The number of ether oxygens (including phenoxy) is 2. The summed E-state index contributed by atoms with van der Waals surface area (Å²) >= 11 is 5.93. The topological polar surface area (TPSA) is 55.8 Å². The predicted octanol–water partition coefficient (Wildman–Crippen LogP) is 3.62. The van der Waals surface area contributed by atoms with Crippen LogP contribution in [0.4, 0.5) is 13.2 Å². The molecule has 21 heavy (non-hydrogen) atoms. The Bertz CT molecular complexity index is 545. The molecule has 0 aliphatic carbocycles. The molecule has 0 spiro atoms. The first-order chi connectivity index (χ1) is 9.79. The Morgan fingerprint density at radius 3 is 2.62 bits per heavy atom. The van der Waals surface area contributed by atoms with E-state index in [2.05, 4.69) is 0 Å². The fraction of sp³-hybridized carbons (Fsp3) is 0.462. The van der Waals surface area contributed by atoms with Crippen molar-refractivity contribution in [2.75, 3.05) is 13.2 Å². The molecule has 0 fully saturated rings. The monoisotopic (exact) mass is 324 g/mol. The lowest BCUT2D eigenvalue weighted by molar-refractivity contribution is -0.163. The number of carbonyl (C=O) groups is 1. The van der Waals surface area contributed by atoms with E-state index in [1.165, 1.54) is 0 Å². The zero-order valence-corrected chi connectivity index (χ0v) is 11.5. The van der Waals surface area contributed by atoms with Gasteiger partial charge in [0.05, 0.1) is 30.6 Å². The summed E-state index contributed by atoms with van der Waals surface area (Å²) in [5, 5.41) is 8.65. The number of hydrogen-bond donors (Lipinski definition) is 1. The van der Waals surface area contributed by atoms with Crippen molar-refractivity contribution in [2.24, 2.45) is 0 Å². The van der Waals surface area contributed by atoms with Crippen LogP contribution < -0.4 is 9.47 Å². The number of rotatable bonds is 3. The van der Waals surface area contributed by atoms with E-state index in [1.807, 2.05) is 0 Å². The van der Waals surface area contributed by atoms with Gasteiger partial charge < -0.3 is 14.6 Å². The van der Waals surface area contributed by atoms with Crippen LogP contribution in [-0.2, 0) is 4.79 Å². The molecule has 0 aromatic heterocycles. The van der Waals surface area contributed by atoms with Crippen molar-refractivity contribution in [2.45, 2.75) is 24.9 Å². The molecule has 1 heterocycles.